The third kappa shape index (κ3) is 2.07. The lowest BCUT2D eigenvalue weighted by molar-refractivity contribution is -0.116. The molecule has 1 unspecified atom stereocenters. The topological polar surface area (TPSA) is 68.0 Å². The van der Waals surface area contributed by atoms with Gasteiger partial charge in [-0.05, 0) is 28.1 Å². The van der Waals surface area contributed by atoms with E-state index in [9.17, 15) is 4.79 Å². The number of benzene rings is 1. The number of nitrogens with one attached hydrogen (secondary N) is 1. The average molecular weight is 342 g/mol. The number of halogens is 1. The number of nitrogens with zero attached hydrogens (tertiary/aromatic N) is 1. The second-order valence-corrected chi connectivity index (χ2v) is 6.77. The van der Waals surface area contributed by atoms with Crippen molar-refractivity contribution in [2.75, 3.05) is 5.32 Å². The maximum atomic E-state index is 11.5. The fourth-order valence-electron chi connectivity index (χ4n) is 1.72. The predicted molar refractivity (Wildman–Crippen MR) is 75.9 cm³/mol. The Bertz CT molecular complexity index is 615. The Morgan fingerprint density at radius 3 is 3.06 bits per heavy atom. The molecular formula is C11H8BrN3OS2. The van der Waals surface area contributed by atoms with Gasteiger partial charge in [0.15, 0.2) is 4.34 Å². The summed E-state index contributed by atoms with van der Waals surface area (Å²) in [5.74, 6) is -0.159. The van der Waals surface area contributed by atoms with Gasteiger partial charge < -0.3 is 11.1 Å². The van der Waals surface area contributed by atoms with Crippen molar-refractivity contribution in [1.29, 1.82) is 0 Å². The van der Waals surface area contributed by atoms with Gasteiger partial charge in [-0.25, -0.2) is 4.98 Å². The second-order valence-electron chi connectivity index (χ2n) is 3.74. The molecule has 1 aromatic heterocycles. The first-order chi connectivity index (χ1) is 8.65. The van der Waals surface area contributed by atoms with Crippen molar-refractivity contribution >= 4 is 50.6 Å². The van der Waals surface area contributed by atoms with Gasteiger partial charge in [-0.3, -0.25) is 4.79 Å². The number of carbonyl (C=O) groups is 1. The largest absolute Gasteiger partial charge is 0.324 e. The molecule has 0 spiro atoms. The van der Waals surface area contributed by atoms with Crippen LogP contribution in [-0.4, -0.2) is 10.9 Å². The summed E-state index contributed by atoms with van der Waals surface area (Å²) in [7, 11) is 0. The van der Waals surface area contributed by atoms with Crippen LogP contribution >= 0.6 is 39.0 Å². The predicted octanol–water partition coefficient (Wildman–Crippen LogP) is 3.01. The number of aromatic nitrogens is 1. The molecule has 7 heteroatoms. The van der Waals surface area contributed by atoms with Crippen LogP contribution in [0.5, 0.6) is 0 Å². The standard InChI is InChI=1S/C11H8BrN3OS2/c12-6-3-5-7(15-10(16)9(5)13)4-8(6)18-11-14-1-2-17-11/h1-4,9H,13H2,(H,15,16). The summed E-state index contributed by atoms with van der Waals surface area (Å²) < 4.78 is 1.89. The Kier molecular flexibility index (Phi) is 3.14. The van der Waals surface area contributed by atoms with Crippen molar-refractivity contribution in [3.8, 4) is 0 Å². The van der Waals surface area contributed by atoms with Crippen LogP contribution in [0.2, 0.25) is 0 Å². The van der Waals surface area contributed by atoms with Crippen molar-refractivity contribution in [2.24, 2.45) is 5.73 Å². The third-order valence-electron chi connectivity index (χ3n) is 2.59. The van der Waals surface area contributed by atoms with Gasteiger partial charge in [-0.2, -0.15) is 0 Å². The Labute approximate surface area is 120 Å². The Hall–Kier alpha value is -0.890. The van der Waals surface area contributed by atoms with Crippen LogP contribution in [0.25, 0.3) is 0 Å². The highest BCUT2D eigenvalue weighted by Crippen LogP contribution is 2.41. The van der Waals surface area contributed by atoms with Gasteiger partial charge in [0.25, 0.3) is 0 Å². The molecule has 1 amide bonds. The monoisotopic (exact) mass is 341 g/mol. The number of fused-ring (bicyclic) bond motifs is 1. The van der Waals surface area contributed by atoms with Crippen LogP contribution in [0.1, 0.15) is 11.6 Å². The zero-order valence-corrected chi connectivity index (χ0v) is 12.2. The summed E-state index contributed by atoms with van der Waals surface area (Å²) in [6, 6.07) is 3.25. The van der Waals surface area contributed by atoms with Gasteiger partial charge >= 0.3 is 0 Å². The van der Waals surface area contributed by atoms with Gasteiger partial charge in [0.2, 0.25) is 5.91 Å². The number of hydrogen-bond acceptors (Lipinski definition) is 5. The first kappa shape index (κ1) is 12.2. The first-order valence-corrected chi connectivity index (χ1v) is 7.61. The third-order valence-corrected chi connectivity index (χ3v) is 5.45. The molecule has 1 aromatic carbocycles. The highest BCUT2D eigenvalue weighted by molar-refractivity contribution is 9.10. The number of anilines is 1. The van der Waals surface area contributed by atoms with E-state index in [-0.39, 0.29) is 5.91 Å². The minimum absolute atomic E-state index is 0.159. The zero-order valence-electron chi connectivity index (χ0n) is 9.01. The van der Waals surface area contributed by atoms with Crippen LogP contribution in [-0.2, 0) is 4.79 Å². The Balaban J connectivity index is 1.98. The average Bonchev–Trinajstić information content (AvgIpc) is 2.92. The van der Waals surface area contributed by atoms with E-state index in [1.54, 1.807) is 29.3 Å². The normalized spacial score (nSPS) is 17.7. The van der Waals surface area contributed by atoms with E-state index in [2.05, 4.69) is 26.2 Å². The molecule has 0 saturated carbocycles. The number of rotatable bonds is 2. The fraction of sp³-hybridized carbons (Fsp3) is 0.0909. The number of thiazole rings is 1. The molecule has 3 N–H and O–H groups in total. The fourth-order valence-corrected chi connectivity index (χ4v) is 3.95. The van der Waals surface area contributed by atoms with Crippen LogP contribution in [0.4, 0.5) is 5.69 Å². The molecule has 1 aliphatic heterocycles. The molecule has 0 bridgehead atoms. The number of hydrogen-bond donors (Lipinski definition) is 2. The van der Waals surface area contributed by atoms with E-state index in [0.717, 1.165) is 25.0 Å². The molecule has 1 aliphatic rings. The van der Waals surface area contributed by atoms with Gasteiger partial charge in [0, 0.05) is 32.2 Å². The summed E-state index contributed by atoms with van der Waals surface area (Å²) in [6.45, 7) is 0. The SMILES string of the molecule is NC1C(=O)Nc2cc(Sc3nccs3)c(Br)cc21. The maximum absolute atomic E-state index is 11.5. The molecule has 4 nitrogen and oxygen atoms in total. The van der Waals surface area contributed by atoms with Gasteiger partial charge in [0.1, 0.15) is 6.04 Å². The van der Waals surface area contributed by atoms with E-state index in [4.69, 9.17) is 5.73 Å². The number of carbonyl (C=O) groups excluding carboxylic acids is 1. The van der Waals surface area contributed by atoms with E-state index in [0.29, 0.717) is 0 Å². The molecule has 2 heterocycles. The van der Waals surface area contributed by atoms with Crippen molar-refractivity contribution in [2.45, 2.75) is 15.3 Å². The van der Waals surface area contributed by atoms with Crippen molar-refractivity contribution in [1.82, 2.24) is 4.98 Å². The van der Waals surface area contributed by atoms with Gasteiger partial charge in [0.05, 0.1) is 0 Å². The lowest BCUT2D eigenvalue weighted by Gasteiger charge is -2.06. The summed E-state index contributed by atoms with van der Waals surface area (Å²) >= 11 is 6.64. The molecule has 2 aromatic rings. The Morgan fingerprint density at radius 2 is 2.33 bits per heavy atom. The molecule has 0 aliphatic carbocycles. The Morgan fingerprint density at radius 1 is 1.50 bits per heavy atom. The summed E-state index contributed by atoms with van der Waals surface area (Å²) in [5, 5.41) is 4.71. The van der Waals surface area contributed by atoms with Crippen molar-refractivity contribution in [3.05, 3.63) is 33.7 Å². The lowest BCUT2D eigenvalue weighted by atomic mass is 10.1. The van der Waals surface area contributed by atoms with Crippen molar-refractivity contribution < 1.29 is 4.79 Å². The van der Waals surface area contributed by atoms with Gasteiger partial charge in [-0.15, -0.1) is 11.3 Å². The maximum Gasteiger partial charge on any atom is 0.245 e. The van der Waals surface area contributed by atoms with Crippen LogP contribution in [0, 0.1) is 0 Å². The molecule has 18 heavy (non-hydrogen) atoms. The molecule has 92 valence electrons. The highest BCUT2D eigenvalue weighted by Gasteiger charge is 2.28. The van der Waals surface area contributed by atoms with E-state index in [1.165, 1.54) is 0 Å². The van der Waals surface area contributed by atoms with Crippen molar-refractivity contribution in [3.63, 3.8) is 0 Å². The first-order valence-electron chi connectivity index (χ1n) is 5.12. The van der Waals surface area contributed by atoms with E-state index >= 15 is 0 Å². The second kappa shape index (κ2) is 4.65. The molecule has 0 saturated heterocycles. The molecular weight excluding hydrogens is 334 g/mol. The highest BCUT2D eigenvalue weighted by atomic mass is 79.9. The summed E-state index contributed by atoms with van der Waals surface area (Å²) in [5.41, 5.74) is 7.41. The molecule has 0 radical (unpaired) electrons. The summed E-state index contributed by atoms with van der Waals surface area (Å²) in [6.07, 6.45) is 1.77. The van der Waals surface area contributed by atoms with Crippen LogP contribution in [0.15, 0.2) is 37.4 Å². The van der Waals surface area contributed by atoms with E-state index < -0.39 is 6.04 Å². The van der Waals surface area contributed by atoms with Crippen LogP contribution in [0.3, 0.4) is 0 Å². The molecule has 3 rings (SSSR count). The quantitative estimate of drug-likeness (QED) is 0.880. The zero-order chi connectivity index (χ0) is 12.7. The minimum Gasteiger partial charge on any atom is -0.324 e. The van der Waals surface area contributed by atoms with Crippen LogP contribution < -0.4 is 11.1 Å². The molecule has 0 fully saturated rings. The van der Waals surface area contributed by atoms with E-state index in [1.807, 2.05) is 17.5 Å². The number of amides is 1. The minimum atomic E-state index is -0.574. The van der Waals surface area contributed by atoms with Gasteiger partial charge in [-0.1, -0.05) is 11.8 Å². The smallest absolute Gasteiger partial charge is 0.245 e. The lowest BCUT2D eigenvalue weighted by Crippen LogP contribution is -2.19. The number of nitrogens with two attached hydrogens (primary N) is 1. The summed E-state index contributed by atoms with van der Waals surface area (Å²) in [4.78, 5) is 16.7. The molecule has 1 atom stereocenters.